The van der Waals surface area contributed by atoms with E-state index in [1.54, 1.807) is 0 Å². The zero-order valence-electron chi connectivity index (χ0n) is 25.4. The number of fused-ring (bicyclic) bond motifs is 18. The normalized spacial score (nSPS) is 11.6. The van der Waals surface area contributed by atoms with Crippen LogP contribution in [-0.2, 0) is 0 Å². The highest BCUT2D eigenvalue weighted by Gasteiger charge is 2.04. The Bertz CT molecular complexity index is 1780. The van der Waals surface area contributed by atoms with Gasteiger partial charge in [0.1, 0.15) is 0 Å². The molecule has 7 aromatic carbocycles. The Balaban J connectivity index is 1.79. The van der Waals surface area contributed by atoms with Crippen LogP contribution < -0.4 is 0 Å². The van der Waals surface area contributed by atoms with Crippen LogP contribution >= 0.6 is 0 Å². The number of hydrogen-bond donors (Lipinski definition) is 0. The third kappa shape index (κ3) is 4.99. The Hall–Kier alpha value is -4.68. The third-order valence-corrected chi connectivity index (χ3v) is 8.46. The minimum Gasteiger partial charge on any atom is -0.0514 e. The first kappa shape index (κ1) is 26.2. The largest absolute Gasteiger partial charge is 0.0514 e. The lowest BCUT2D eigenvalue weighted by molar-refractivity contribution is 1.49. The molecule has 12 bridgehead atoms. The fourth-order valence-electron chi connectivity index (χ4n) is 6.70. The quantitative estimate of drug-likeness (QED) is 0.179. The van der Waals surface area contributed by atoms with Gasteiger partial charge in [-0.05, 0) is 176 Å². The van der Waals surface area contributed by atoms with E-state index < -0.39 is 0 Å². The van der Waals surface area contributed by atoms with Gasteiger partial charge in [0.05, 0.1) is 0 Å². The summed E-state index contributed by atoms with van der Waals surface area (Å²) in [5.74, 6) is 0. The molecule has 7 rings (SSSR count). The summed E-state index contributed by atoms with van der Waals surface area (Å²) >= 11 is 0. The van der Waals surface area contributed by atoms with Crippen LogP contribution in [-0.4, -0.2) is 0 Å². The predicted octanol–water partition coefficient (Wildman–Crippen LogP) is 12.1. The highest BCUT2D eigenvalue weighted by atomic mass is 14.1. The number of hydrogen-bond acceptors (Lipinski definition) is 0. The highest BCUT2D eigenvalue weighted by molar-refractivity contribution is 6.02. The molecule has 0 aromatic heterocycles. The summed E-state index contributed by atoms with van der Waals surface area (Å²) in [5.41, 5.74) is 7.63. The van der Waals surface area contributed by atoms with Crippen LogP contribution in [0.25, 0.3) is 64.6 Å². The van der Waals surface area contributed by atoms with Crippen molar-refractivity contribution in [2.75, 3.05) is 0 Å². The van der Waals surface area contributed by atoms with Crippen LogP contribution in [0.5, 0.6) is 0 Å². The lowest BCUT2D eigenvalue weighted by Crippen LogP contribution is -1.82. The molecule has 0 fully saturated rings. The minimum absolute atomic E-state index is 1.26. The molecule has 0 saturated carbocycles. The third-order valence-electron chi connectivity index (χ3n) is 8.46. The Morgan fingerprint density at radius 3 is 0.357 bits per heavy atom. The van der Waals surface area contributed by atoms with Crippen molar-refractivity contribution in [2.24, 2.45) is 0 Å². The van der Waals surface area contributed by atoms with Crippen LogP contribution in [0.15, 0.2) is 109 Å². The zero-order chi connectivity index (χ0) is 29.1. The van der Waals surface area contributed by atoms with E-state index in [0.717, 1.165) is 0 Å². The van der Waals surface area contributed by atoms with Gasteiger partial charge in [-0.2, -0.15) is 0 Å². The van der Waals surface area contributed by atoms with Crippen LogP contribution in [0, 0.1) is 41.5 Å². The summed E-state index contributed by atoms with van der Waals surface area (Å²) in [5, 5.41) is 15.1. The zero-order valence-corrected chi connectivity index (χ0v) is 25.4. The summed E-state index contributed by atoms with van der Waals surface area (Å²) in [4.78, 5) is 0. The number of benzene rings is 6. The van der Waals surface area contributed by atoms with Crippen LogP contribution in [0.1, 0.15) is 33.4 Å². The lowest BCUT2D eigenvalue weighted by atomic mass is 9.97. The molecule has 0 aliphatic rings. The lowest BCUT2D eigenvalue weighted by Gasteiger charge is -2.07. The van der Waals surface area contributed by atoms with E-state index in [1.165, 1.54) is 98.0 Å². The second-order valence-electron chi connectivity index (χ2n) is 12.5. The Morgan fingerprint density at radius 1 is 0.167 bits per heavy atom. The van der Waals surface area contributed by atoms with Gasteiger partial charge in [-0.3, -0.25) is 0 Å². The van der Waals surface area contributed by atoms with E-state index in [2.05, 4.69) is 151 Å². The van der Waals surface area contributed by atoms with E-state index in [-0.39, 0.29) is 0 Å². The van der Waals surface area contributed by atoms with Gasteiger partial charge < -0.3 is 0 Å². The summed E-state index contributed by atoms with van der Waals surface area (Å²) in [6.07, 6.45) is 0. The van der Waals surface area contributed by atoms with E-state index in [1.807, 2.05) is 0 Å². The van der Waals surface area contributed by atoms with Gasteiger partial charge in [-0.15, -0.1) is 0 Å². The molecule has 0 N–H and O–H groups in total. The second-order valence-corrected chi connectivity index (χ2v) is 12.5. The molecule has 204 valence electrons. The van der Waals surface area contributed by atoms with Gasteiger partial charge in [0.2, 0.25) is 0 Å². The topological polar surface area (TPSA) is 0 Å². The fourth-order valence-corrected chi connectivity index (χ4v) is 6.70. The first-order valence-corrected chi connectivity index (χ1v) is 14.9. The molecule has 7 aromatic rings. The summed E-state index contributed by atoms with van der Waals surface area (Å²) < 4.78 is 0. The van der Waals surface area contributed by atoms with Crippen LogP contribution in [0.4, 0.5) is 0 Å². The van der Waals surface area contributed by atoms with Gasteiger partial charge in [0.25, 0.3) is 0 Å². The Labute approximate surface area is 248 Å². The summed E-state index contributed by atoms with van der Waals surface area (Å²) in [6, 6.07) is 42.0. The monoisotopic (exact) mass is 540 g/mol. The maximum atomic E-state index is 2.37. The molecule has 0 heteroatoms. The van der Waals surface area contributed by atoms with Gasteiger partial charge in [0, 0.05) is 0 Å². The maximum Gasteiger partial charge on any atom is -0.0175 e. The van der Waals surface area contributed by atoms with Crippen molar-refractivity contribution in [3.05, 3.63) is 143 Å². The molecule has 42 heavy (non-hydrogen) atoms. The maximum absolute atomic E-state index is 2.37. The first-order chi connectivity index (χ1) is 20.2. The van der Waals surface area contributed by atoms with Crippen molar-refractivity contribution in [3.63, 3.8) is 0 Å². The van der Waals surface area contributed by atoms with Gasteiger partial charge in [-0.1, -0.05) is 72.8 Å². The molecule has 0 aliphatic heterocycles. The molecule has 0 spiro atoms. The van der Waals surface area contributed by atoms with Crippen molar-refractivity contribution >= 4 is 64.6 Å². The van der Waals surface area contributed by atoms with Gasteiger partial charge in [-0.25, -0.2) is 0 Å². The average Bonchev–Trinajstić information content (AvgIpc) is 2.95. The Kier molecular flexibility index (Phi) is 6.24. The molecule has 0 amide bonds. The van der Waals surface area contributed by atoms with E-state index in [9.17, 15) is 0 Å². The van der Waals surface area contributed by atoms with Crippen LogP contribution in [0.3, 0.4) is 0 Å². The fraction of sp³-hybridized carbons (Fsp3) is 0.143. The molecule has 0 atom stereocenters. The molecular formula is C42H36. The molecule has 0 heterocycles. The summed E-state index contributed by atoms with van der Waals surface area (Å²) in [6.45, 7) is 13.3. The van der Waals surface area contributed by atoms with Crippen molar-refractivity contribution < 1.29 is 0 Å². The molecule has 0 saturated heterocycles. The van der Waals surface area contributed by atoms with E-state index >= 15 is 0 Å². The van der Waals surface area contributed by atoms with E-state index in [4.69, 9.17) is 0 Å². The standard InChI is InChI=1S/C42H36/c1-25-7-31-19-32(8-25)34-10-27(3)12-36(21-34)38-14-29(5)16-40(23-38)42-18-30(6)17-41(24-42)39-15-28(4)13-37(22-39)35-11-26(2)9-33(31)20-35/h7-24H,1-6H3. The smallest absolute Gasteiger partial charge is 0.0175 e. The van der Waals surface area contributed by atoms with E-state index in [0.29, 0.717) is 0 Å². The van der Waals surface area contributed by atoms with Crippen molar-refractivity contribution in [1.29, 1.82) is 0 Å². The molecule has 0 unspecified atom stereocenters. The molecule has 0 nitrogen and oxygen atoms in total. The molecule has 0 aliphatic carbocycles. The molecule has 0 radical (unpaired) electrons. The SMILES string of the molecule is Cc1cc2cc(c1)c1cc(C)cc(c1)c1cc(C)cc(c1)c1cc(C)cc(c1)c1cc(C)cc(c1)c1cc(C)cc2c1. The summed E-state index contributed by atoms with van der Waals surface area (Å²) in [7, 11) is 0. The first-order valence-electron chi connectivity index (χ1n) is 14.9. The Morgan fingerprint density at radius 2 is 0.262 bits per heavy atom. The highest BCUT2D eigenvalue weighted by Crippen LogP contribution is 2.29. The number of rotatable bonds is 0. The second kappa shape index (κ2) is 10.00. The van der Waals surface area contributed by atoms with Gasteiger partial charge in [0.15, 0.2) is 0 Å². The van der Waals surface area contributed by atoms with Crippen molar-refractivity contribution in [1.82, 2.24) is 0 Å². The van der Waals surface area contributed by atoms with Gasteiger partial charge >= 0.3 is 0 Å². The van der Waals surface area contributed by atoms with Crippen LogP contribution in [0.2, 0.25) is 0 Å². The average molecular weight is 541 g/mol. The van der Waals surface area contributed by atoms with Crippen molar-refractivity contribution in [3.8, 4) is 0 Å². The van der Waals surface area contributed by atoms with Crippen molar-refractivity contribution in [2.45, 2.75) is 41.5 Å². The minimum atomic E-state index is 1.26. The predicted molar refractivity (Wildman–Crippen MR) is 186 cm³/mol. The number of aryl methyl sites for hydroxylation is 6. The molecular weight excluding hydrogens is 504 g/mol.